The van der Waals surface area contributed by atoms with E-state index in [2.05, 4.69) is 41.5 Å². The lowest BCUT2D eigenvalue weighted by Crippen LogP contribution is -1.98. The Balaban J connectivity index is 0. The Bertz CT molecular complexity index is 2360. The van der Waals surface area contributed by atoms with E-state index >= 15 is 0 Å². The summed E-state index contributed by atoms with van der Waals surface area (Å²) in [5, 5.41) is 16.6. The molecule has 0 spiro atoms. The summed E-state index contributed by atoms with van der Waals surface area (Å²) in [5.41, 5.74) is 0. The van der Waals surface area contributed by atoms with Gasteiger partial charge in [0, 0.05) is 10.8 Å². The molecule has 7 rings (SSSR count). The van der Waals surface area contributed by atoms with Crippen molar-refractivity contribution in [1.82, 2.24) is 0 Å². The molecule has 0 aromatic heterocycles. The van der Waals surface area contributed by atoms with E-state index in [4.69, 9.17) is 9.11 Å². The lowest BCUT2D eigenvalue weighted by molar-refractivity contribution is 0.481. The van der Waals surface area contributed by atoms with Crippen molar-refractivity contribution in [2.24, 2.45) is 0 Å². The summed E-state index contributed by atoms with van der Waals surface area (Å²) in [7, 11) is -8.28. The molecule has 0 atom stereocenters. The Morgan fingerprint density at radius 1 is 0.379 bits per heavy atom. The van der Waals surface area contributed by atoms with Gasteiger partial charge in [-0.1, -0.05) is 205 Å². The highest BCUT2D eigenvalue weighted by Gasteiger charge is 2.12. The third-order valence-electron chi connectivity index (χ3n) is 6.77. The van der Waals surface area contributed by atoms with Crippen LogP contribution in [0.25, 0.3) is 43.1 Å². The highest BCUT2D eigenvalue weighted by Crippen LogP contribution is 2.26. The fourth-order valence-electron chi connectivity index (χ4n) is 4.71. The summed E-state index contributed by atoms with van der Waals surface area (Å²) in [6.07, 6.45) is 3.75. The molecule has 0 saturated heterocycles. The van der Waals surface area contributed by atoms with Gasteiger partial charge in [-0.3, -0.25) is 9.11 Å². The van der Waals surface area contributed by atoms with E-state index in [1.54, 1.807) is 42.5 Å². The van der Waals surface area contributed by atoms with E-state index in [0.29, 0.717) is 11.1 Å². The Morgan fingerprint density at radius 3 is 1.16 bits per heavy atom. The monoisotopic (exact) mass is 832 g/mol. The first-order chi connectivity index (χ1) is 27.7. The molecule has 0 aliphatic rings. The van der Waals surface area contributed by atoms with Crippen LogP contribution in [0.4, 0.5) is 0 Å². The van der Waals surface area contributed by atoms with Crippen molar-refractivity contribution in [3.05, 3.63) is 140 Å². The summed E-state index contributed by atoms with van der Waals surface area (Å²) in [6.45, 7) is 24.8. The van der Waals surface area contributed by atoms with E-state index in [0.717, 1.165) is 37.7 Å². The number of phenols is 1. The molecule has 0 fully saturated rings. The summed E-state index contributed by atoms with van der Waals surface area (Å²) >= 11 is 0. The molecule has 7 aromatic carbocycles. The minimum atomic E-state index is -4.15. The first-order valence-corrected chi connectivity index (χ1v) is 23.1. The summed E-state index contributed by atoms with van der Waals surface area (Å²) in [5.74, 6) is 0.350. The smallest absolute Gasteiger partial charge is 0.295 e. The van der Waals surface area contributed by atoms with Crippen molar-refractivity contribution in [1.29, 1.82) is 0 Å². The third-order valence-corrected chi connectivity index (χ3v) is 8.53. The molecular formula is C49H68O7S2. The van der Waals surface area contributed by atoms with Crippen LogP contribution in [0, 0.1) is 0 Å². The van der Waals surface area contributed by atoms with Crippen molar-refractivity contribution < 1.29 is 31.0 Å². The second kappa shape index (κ2) is 31.2. The zero-order chi connectivity index (χ0) is 44.7. The average molecular weight is 833 g/mol. The molecule has 0 radical (unpaired) electrons. The van der Waals surface area contributed by atoms with Crippen molar-refractivity contribution in [3.63, 3.8) is 0 Å². The molecule has 3 N–H and O–H groups in total. The number of rotatable bonds is 2. The van der Waals surface area contributed by atoms with E-state index in [-0.39, 0.29) is 9.79 Å². The maximum atomic E-state index is 11.1. The van der Waals surface area contributed by atoms with Crippen LogP contribution in [0.1, 0.15) is 102 Å². The number of aromatic hydroxyl groups is 1. The number of benzene rings is 7. The minimum absolute atomic E-state index is 0.0457. The van der Waals surface area contributed by atoms with Crippen molar-refractivity contribution >= 4 is 63.3 Å². The summed E-state index contributed by atoms with van der Waals surface area (Å²) < 4.78 is 62.2. The summed E-state index contributed by atoms with van der Waals surface area (Å²) in [6, 6.07) is 41.5. The lowest BCUT2D eigenvalue weighted by Gasteiger charge is -2.04. The van der Waals surface area contributed by atoms with Gasteiger partial charge in [0.05, 0.1) is 4.90 Å². The van der Waals surface area contributed by atoms with E-state index in [9.17, 15) is 21.9 Å². The predicted molar refractivity (Wildman–Crippen MR) is 253 cm³/mol. The maximum Gasteiger partial charge on any atom is 0.295 e. The van der Waals surface area contributed by atoms with Gasteiger partial charge in [-0.2, -0.15) is 16.8 Å². The number of hydrogen-bond acceptors (Lipinski definition) is 5. The lowest BCUT2D eigenvalue weighted by atomic mass is 10.0. The number of hydrogen-bond donors (Lipinski definition) is 3. The van der Waals surface area contributed by atoms with Gasteiger partial charge in [-0.15, -0.1) is 0 Å². The highest BCUT2D eigenvalue weighted by molar-refractivity contribution is 7.86. The highest BCUT2D eigenvalue weighted by atomic mass is 32.2. The Morgan fingerprint density at radius 2 is 0.724 bits per heavy atom. The van der Waals surface area contributed by atoms with Gasteiger partial charge >= 0.3 is 0 Å². The van der Waals surface area contributed by atoms with Gasteiger partial charge in [0.25, 0.3) is 20.2 Å². The Kier molecular flexibility index (Phi) is 29.8. The molecule has 318 valence electrons. The van der Waals surface area contributed by atoms with Crippen LogP contribution < -0.4 is 0 Å². The van der Waals surface area contributed by atoms with Crippen LogP contribution in [0.3, 0.4) is 0 Å². The fourth-order valence-corrected chi connectivity index (χ4v) is 5.94. The van der Waals surface area contributed by atoms with Gasteiger partial charge in [0.15, 0.2) is 0 Å². The largest absolute Gasteiger partial charge is 0.507 e. The van der Waals surface area contributed by atoms with Crippen LogP contribution >= 0.6 is 0 Å². The average Bonchev–Trinajstić information content (AvgIpc) is 3.23. The van der Waals surface area contributed by atoms with Crippen LogP contribution in [-0.2, 0) is 20.2 Å². The second-order valence-electron chi connectivity index (χ2n) is 11.8. The van der Waals surface area contributed by atoms with Crippen LogP contribution in [0.5, 0.6) is 5.75 Å². The topological polar surface area (TPSA) is 129 Å². The van der Waals surface area contributed by atoms with E-state index < -0.39 is 20.2 Å². The molecule has 0 unspecified atom stereocenters. The summed E-state index contributed by atoms with van der Waals surface area (Å²) in [4.78, 5) is -0.124. The van der Waals surface area contributed by atoms with Crippen molar-refractivity contribution in [2.45, 2.75) is 112 Å². The molecular weight excluding hydrogens is 765 g/mol. The van der Waals surface area contributed by atoms with Gasteiger partial charge in [0.1, 0.15) is 10.6 Å². The fraction of sp³-hybridized carbons (Fsp3) is 0.306. The molecule has 0 heterocycles. The molecule has 7 aromatic rings. The number of fused-ring (bicyclic) bond motifs is 4. The third kappa shape index (κ3) is 19.6. The molecule has 7 nitrogen and oxygen atoms in total. The second-order valence-corrected chi connectivity index (χ2v) is 14.6. The van der Waals surface area contributed by atoms with E-state index in [1.807, 2.05) is 120 Å². The molecule has 0 bridgehead atoms. The standard InChI is InChI=1S/C14H10O3S.C10H8O3S.C10H8O.3C3H8.3C2H6/c15-18(16,17)14-6-5-12-7-10-3-1-2-4-11(10)8-13(12)9-14;11-14(12,13)10-7-3-5-8-4-1-2-6-9(8)10;11-10-7-3-5-8-4-1-2-6-9(8)10;3*1-3-2;3*1-2/h1-9H,(H,15,16,17);1-7H,(H,11,12,13);1-7,11H;3*3H2,1-2H3;3*1-2H3. The Hall–Kier alpha value is -4.80. The van der Waals surface area contributed by atoms with Crippen LogP contribution in [-0.4, -0.2) is 31.0 Å². The first kappa shape index (κ1) is 55.3. The van der Waals surface area contributed by atoms with Gasteiger partial charge in [0.2, 0.25) is 0 Å². The Labute approximate surface area is 350 Å². The van der Waals surface area contributed by atoms with Crippen molar-refractivity contribution in [2.75, 3.05) is 0 Å². The van der Waals surface area contributed by atoms with E-state index in [1.165, 1.54) is 37.5 Å². The molecule has 0 aliphatic heterocycles. The molecule has 9 heteroatoms. The molecule has 0 amide bonds. The normalized spacial score (nSPS) is 9.76. The zero-order valence-electron chi connectivity index (χ0n) is 36.7. The molecule has 0 saturated carbocycles. The van der Waals surface area contributed by atoms with Crippen LogP contribution in [0.15, 0.2) is 149 Å². The SMILES string of the molecule is CC.CC.CC.CCC.CCC.CCC.O=S(=O)(O)c1ccc2cc3ccccc3cc2c1.O=S(=O)(O)c1cccc2ccccc12.Oc1cccc2ccccc12. The molecule has 0 aliphatic carbocycles. The van der Waals surface area contributed by atoms with Crippen molar-refractivity contribution in [3.8, 4) is 5.75 Å². The molecule has 58 heavy (non-hydrogen) atoms. The minimum Gasteiger partial charge on any atom is -0.507 e. The van der Waals surface area contributed by atoms with Gasteiger partial charge < -0.3 is 5.11 Å². The van der Waals surface area contributed by atoms with Gasteiger partial charge in [-0.05, 0) is 68.7 Å². The number of phenolic OH excluding ortho intramolecular Hbond substituents is 1. The van der Waals surface area contributed by atoms with Crippen LogP contribution in [0.2, 0.25) is 0 Å². The zero-order valence-corrected chi connectivity index (χ0v) is 38.3. The predicted octanol–water partition coefficient (Wildman–Crippen LogP) is 15.2. The maximum absolute atomic E-state index is 11.1. The quantitative estimate of drug-likeness (QED) is 0.117. The first-order valence-electron chi connectivity index (χ1n) is 20.3. The van der Waals surface area contributed by atoms with Gasteiger partial charge in [-0.25, -0.2) is 0 Å².